The maximum atomic E-state index is 11.6. The largest absolute Gasteiger partial charge is 0.392 e. The third-order valence-corrected chi connectivity index (χ3v) is 3.64. The maximum Gasteiger partial charge on any atom is 0.320 e. The Morgan fingerprint density at radius 2 is 2.21 bits per heavy atom. The lowest BCUT2D eigenvalue weighted by atomic mass is 10.1. The van der Waals surface area contributed by atoms with Crippen molar-refractivity contribution in [2.24, 2.45) is 0 Å². The molecule has 3 aromatic rings. The molecule has 0 saturated carbocycles. The number of aromatic nitrogens is 3. The molecule has 2 heterocycles. The Hall–Kier alpha value is -2.93. The monoisotopic (exact) mass is 325 g/mol. The van der Waals surface area contributed by atoms with E-state index in [2.05, 4.69) is 20.7 Å². The van der Waals surface area contributed by atoms with Crippen molar-refractivity contribution in [2.45, 2.75) is 20.1 Å². The lowest BCUT2D eigenvalue weighted by Gasteiger charge is -2.09. The van der Waals surface area contributed by atoms with Gasteiger partial charge in [0.25, 0.3) is 0 Å². The summed E-state index contributed by atoms with van der Waals surface area (Å²) in [6, 6.07) is 7.53. The molecule has 0 spiro atoms. The van der Waals surface area contributed by atoms with Crippen LogP contribution in [-0.2, 0) is 13.2 Å². The number of pyridine rings is 1. The quantitative estimate of drug-likeness (QED) is 0.670. The highest BCUT2D eigenvalue weighted by molar-refractivity contribution is 5.92. The average Bonchev–Trinajstić information content (AvgIpc) is 3.03. The summed E-state index contributed by atoms with van der Waals surface area (Å²) in [6.45, 7) is 2.98. The van der Waals surface area contributed by atoms with Gasteiger partial charge in [-0.15, -0.1) is 0 Å². The summed E-state index contributed by atoms with van der Waals surface area (Å²) >= 11 is 0. The van der Waals surface area contributed by atoms with Crippen LogP contribution >= 0.6 is 0 Å². The van der Waals surface area contributed by atoms with Gasteiger partial charge in [-0.05, 0) is 23.9 Å². The second-order valence-electron chi connectivity index (χ2n) is 5.40. The van der Waals surface area contributed by atoms with Crippen molar-refractivity contribution in [1.29, 1.82) is 0 Å². The Kier molecular flexibility index (Phi) is 4.72. The minimum absolute atomic E-state index is 0.0219. The van der Waals surface area contributed by atoms with E-state index in [-0.39, 0.29) is 12.6 Å². The maximum absolute atomic E-state index is 11.6. The highest BCUT2D eigenvalue weighted by Gasteiger charge is 2.07. The molecule has 3 N–H and O–H groups in total. The number of hydrogen-bond donors (Lipinski definition) is 3. The summed E-state index contributed by atoms with van der Waals surface area (Å²) in [4.78, 5) is 15.9. The van der Waals surface area contributed by atoms with E-state index >= 15 is 0 Å². The van der Waals surface area contributed by atoms with Crippen LogP contribution in [0.5, 0.6) is 0 Å². The molecule has 3 rings (SSSR count). The van der Waals surface area contributed by atoms with E-state index in [1.54, 1.807) is 17.1 Å². The Labute approximate surface area is 139 Å². The number of nitrogens with one attached hydrogen (secondary N) is 2. The van der Waals surface area contributed by atoms with Crippen LogP contribution in [0.3, 0.4) is 0 Å². The molecule has 0 atom stereocenters. The van der Waals surface area contributed by atoms with Gasteiger partial charge in [0, 0.05) is 29.9 Å². The van der Waals surface area contributed by atoms with Gasteiger partial charge in [0.2, 0.25) is 0 Å². The topological polar surface area (TPSA) is 92.1 Å². The first-order valence-corrected chi connectivity index (χ1v) is 7.74. The first-order valence-electron chi connectivity index (χ1n) is 7.74. The smallest absolute Gasteiger partial charge is 0.320 e. The number of rotatable bonds is 5. The van der Waals surface area contributed by atoms with Crippen molar-refractivity contribution < 1.29 is 9.90 Å². The lowest BCUT2D eigenvalue weighted by molar-refractivity contribution is 0.252. The average molecular weight is 325 g/mol. The number of aliphatic hydroxyl groups is 1. The highest BCUT2D eigenvalue weighted by Crippen LogP contribution is 2.21. The van der Waals surface area contributed by atoms with Gasteiger partial charge in [-0.2, -0.15) is 5.10 Å². The molecule has 0 aliphatic carbocycles. The molecule has 0 unspecified atom stereocenters. The highest BCUT2D eigenvalue weighted by atomic mass is 16.3. The van der Waals surface area contributed by atoms with Crippen LogP contribution in [-0.4, -0.2) is 32.4 Å². The summed E-state index contributed by atoms with van der Waals surface area (Å²) in [6.07, 6.45) is 5.22. The van der Waals surface area contributed by atoms with Crippen molar-refractivity contribution in [3.63, 3.8) is 0 Å². The molecule has 24 heavy (non-hydrogen) atoms. The Morgan fingerprint density at radius 3 is 2.96 bits per heavy atom. The molecule has 2 amide bonds. The summed E-state index contributed by atoms with van der Waals surface area (Å²) < 4.78 is 1.78. The molecule has 2 aromatic heterocycles. The van der Waals surface area contributed by atoms with Gasteiger partial charge in [0.1, 0.15) is 5.82 Å². The second-order valence-corrected chi connectivity index (χ2v) is 5.40. The number of aliphatic hydroxyl groups excluding tert-OH is 1. The first-order chi connectivity index (χ1) is 11.7. The molecule has 7 nitrogen and oxygen atoms in total. The number of carbonyl (C=O) groups excluding carboxylic acids is 1. The molecule has 1 aromatic carbocycles. The number of urea groups is 1. The molecule has 0 fully saturated rings. The molecule has 0 saturated heterocycles. The molecule has 7 heteroatoms. The van der Waals surface area contributed by atoms with Gasteiger partial charge in [0.15, 0.2) is 0 Å². The van der Waals surface area contributed by atoms with Crippen molar-refractivity contribution in [3.05, 3.63) is 54.0 Å². The lowest BCUT2D eigenvalue weighted by Crippen LogP contribution is -2.28. The Bertz CT molecular complexity index is 859. The van der Waals surface area contributed by atoms with Crippen molar-refractivity contribution in [2.75, 3.05) is 11.9 Å². The summed E-state index contributed by atoms with van der Waals surface area (Å²) in [7, 11) is 0. The zero-order chi connectivity index (χ0) is 16.9. The van der Waals surface area contributed by atoms with Crippen LogP contribution in [0.1, 0.15) is 18.1 Å². The molecular weight excluding hydrogens is 306 g/mol. The van der Waals surface area contributed by atoms with Gasteiger partial charge < -0.3 is 10.4 Å². The fourth-order valence-electron chi connectivity index (χ4n) is 2.51. The number of fused-ring (bicyclic) bond motifs is 1. The fourth-order valence-corrected chi connectivity index (χ4v) is 2.51. The number of anilines is 1. The number of amides is 2. The second kappa shape index (κ2) is 7.10. The number of hydrogen-bond acceptors (Lipinski definition) is 4. The van der Waals surface area contributed by atoms with Gasteiger partial charge in [0.05, 0.1) is 19.3 Å². The SMILES string of the molecule is CCNC(=O)Nc1cc2cccc(Cn3cc(CO)cn3)c2cn1. The van der Waals surface area contributed by atoms with Gasteiger partial charge in [-0.3, -0.25) is 10.00 Å². The van der Waals surface area contributed by atoms with E-state index in [1.807, 2.05) is 37.4 Å². The third-order valence-electron chi connectivity index (χ3n) is 3.64. The number of nitrogens with zero attached hydrogens (tertiary/aromatic N) is 3. The van der Waals surface area contributed by atoms with Crippen LogP contribution in [0.2, 0.25) is 0 Å². The van der Waals surface area contributed by atoms with E-state index in [0.29, 0.717) is 18.9 Å². The summed E-state index contributed by atoms with van der Waals surface area (Å²) in [5, 5.41) is 20.7. The van der Waals surface area contributed by atoms with E-state index in [0.717, 1.165) is 21.9 Å². The zero-order valence-corrected chi connectivity index (χ0v) is 13.4. The Morgan fingerprint density at radius 1 is 1.33 bits per heavy atom. The van der Waals surface area contributed by atoms with Crippen molar-refractivity contribution >= 4 is 22.6 Å². The van der Waals surface area contributed by atoms with Crippen LogP contribution in [0.25, 0.3) is 10.8 Å². The standard InChI is InChI=1S/C17H19N5O2/c1-2-18-17(24)21-16-6-13-4-3-5-14(15(13)8-19-16)10-22-9-12(11-23)7-20-22/h3-9,23H,2,10-11H2,1H3,(H2,18,19,21,24). The molecular formula is C17H19N5O2. The third kappa shape index (κ3) is 3.52. The van der Waals surface area contributed by atoms with Crippen LogP contribution < -0.4 is 10.6 Å². The number of carbonyl (C=O) groups is 1. The van der Waals surface area contributed by atoms with E-state index in [4.69, 9.17) is 5.11 Å². The Balaban J connectivity index is 1.86. The van der Waals surface area contributed by atoms with Crippen molar-refractivity contribution in [3.8, 4) is 0 Å². The van der Waals surface area contributed by atoms with E-state index in [1.165, 1.54) is 0 Å². The molecule has 0 aliphatic heterocycles. The predicted octanol–water partition coefficient (Wildman–Crippen LogP) is 2.11. The van der Waals surface area contributed by atoms with Gasteiger partial charge in [-0.25, -0.2) is 9.78 Å². The van der Waals surface area contributed by atoms with Crippen molar-refractivity contribution in [1.82, 2.24) is 20.1 Å². The van der Waals surface area contributed by atoms with E-state index in [9.17, 15) is 4.79 Å². The van der Waals surface area contributed by atoms with E-state index < -0.39 is 0 Å². The molecule has 0 radical (unpaired) electrons. The zero-order valence-electron chi connectivity index (χ0n) is 13.4. The summed E-state index contributed by atoms with van der Waals surface area (Å²) in [5.74, 6) is 0.507. The normalized spacial score (nSPS) is 10.8. The summed E-state index contributed by atoms with van der Waals surface area (Å²) in [5.41, 5.74) is 1.85. The van der Waals surface area contributed by atoms with Gasteiger partial charge >= 0.3 is 6.03 Å². The van der Waals surface area contributed by atoms with Crippen LogP contribution in [0, 0.1) is 0 Å². The molecule has 0 aliphatic rings. The van der Waals surface area contributed by atoms with Gasteiger partial charge in [-0.1, -0.05) is 18.2 Å². The minimum atomic E-state index is -0.270. The predicted molar refractivity (Wildman–Crippen MR) is 91.7 cm³/mol. The first kappa shape index (κ1) is 15.9. The fraction of sp³-hybridized carbons (Fsp3) is 0.235. The number of benzene rings is 1. The molecule has 0 bridgehead atoms. The van der Waals surface area contributed by atoms with Crippen LogP contribution in [0.15, 0.2) is 42.9 Å². The minimum Gasteiger partial charge on any atom is -0.392 e. The van der Waals surface area contributed by atoms with Crippen LogP contribution in [0.4, 0.5) is 10.6 Å². The molecule has 124 valence electrons.